The van der Waals surface area contributed by atoms with Gasteiger partial charge >= 0.3 is 0 Å². The van der Waals surface area contributed by atoms with Crippen LogP contribution in [-0.2, 0) is 22.0 Å². The van der Waals surface area contributed by atoms with Crippen molar-refractivity contribution in [1.29, 1.82) is 0 Å². The van der Waals surface area contributed by atoms with Gasteiger partial charge < -0.3 is 10.6 Å². The van der Waals surface area contributed by atoms with E-state index < -0.39 is 10.0 Å². The molecule has 0 aliphatic heterocycles. The van der Waals surface area contributed by atoms with Crippen LogP contribution in [0.3, 0.4) is 0 Å². The molecule has 0 saturated carbocycles. The van der Waals surface area contributed by atoms with Crippen molar-refractivity contribution in [3.8, 4) is 0 Å². The van der Waals surface area contributed by atoms with Gasteiger partial charge in [-0.05, 0) is 17.0 Å². The Morgan fingerprint density at radius 3 is 2.43 bits per heavy atom. The molecule has 2 rings (SSSR count). The third kappa shape index (κ3) is 8.46. The second kappa shape index (κ2) is 11.7. The fourth-order valence-corrected chi connectivity index (χ4v) is 4.19. The summed E-state index contributed by atoms with van der Waals surface area (Å²) in [5.41, 5.74) is 0.900. The molecule has 0 fully saturated rings. The van der Waals surface area contributed by atoms with Crippen molar-refractivity contribution < 1.29 is 8.42 Å². The third-order valence-electron chi connectivity index (χ3n) is 4.11. The van der Waals surface area contributed by atoms with Gasteiger partial charge in [-0.25, -0.2) is 13.1 Å². The van der Waals surface area contributed by atoms with E-state index in [2.05, 4.69) is 45.6 Å². The lowest BCUT2D eigenvalue weighted by Crippen LogP contribution is -2.45. The average Bonchev–Trinajstić information content (AvgIpc) is 3.19. The maximum absolute atomic E-state index is 12.1. The van der Waals surface area contributed by atoms with Crippen LogP contribution in [0.4, 0.5) is 0 Å². The summed E-state index contributed by atoms with van der Waals surface area (Å²) in [6.45, 7) is 5.61. The highest BCUT2D eigenvalue weighted by Gasteiger charge is 2.22. The molecule has 3 N–H and O–H groups in total. The minimum absolute atomic E-state index is 0. The Morgan fingerprint density at radius 1 is 1.11 bits per heavy atom. The third-order valence-corrected chi connectivity index (χ3v) is 6.67. The molecule has 1 heterocycles. The number of nitrogens with zero attached hydrogens (tertiary/aromatic N) is 1. The average molecular weight is 537 g/mol. The fourth-order valence-electron chi connectivity index (χ4n) is 2.44. The summed E-state index contributed by atoms with van der Waals surface area (Å²) >= 11 is 1.73. The number of thiophene rings is 1. The number of benzene rings is 1. The number of guanidine groups is 1. The van der Waals surface area contributed by atoms with Crippen LogP contribution >= 0.6 is 35.3 Å². The number of hydrogen-bond acceptors (Lipinski definition) is 4. The fraction of sp³-hybridized carbons (Fsp3) is 0.421. The van der Waals surface area contributed by atoms with Crippen molar-refractivity contribution in [2.24, 2.45) is 4.99 Å². The standard InChI is InChI=1S/C19H28N4O2S2.HI/c1-19(2,17-10-7-12-26-17)15-22-18(20-3)21-11-13-27(24,25)23-14-16-8-5-4-6-9-16;/h4-10,12,23H,11,13-15H2,1-3H3,(H2,20,21,22);1H. The summed E-state index contributed by atoms with van der Waals surface area (Å²) in [6.07, 6.45) is 0. The Balaban J connectivity index is 0.00000392. The van der Waals surface area contributed by atoms with Crippen LogP contribution in [0.2, 0.25) is 0 Å². The first-order valence-corrected chi connectivity index (χ1v) is 11.4. The number of sulfonamides is 1. The molecule has 0 aliphatic rings. The van der Waals surface area contributed by atoms with Gasteiger partial charge in [0.25, 0.3) is 0 Å². The lowest BCUT2D eigenvalue weighted by Gasteiger charge is -2.25. The SMILES string of the molecule is CN=C(NCCS(=O)(=O)NCc1ccccc1)NCC(C)(C)c1cccs1.I. The number of aliphatic imine (C=N–C) groups is 1. The molecule has 2 aromatic rings. The first-order chi connectivity index (χ1) is 12.8. The first-order valence-electron chi connectivity index (χ1n) is 8.82. The van der Waals surface area contributed by atoms with E-state index in [1.165, 1.54) is 4.88 Å². The molecule has 0 aliphatic carbocycles. The molecule has 0 unspecified atom stereocenters. The molecule has 0 radical (unpaired) electrons. The lowest BCUT2D eigenvalue weighted by molar-refractivity contribution is 0.519. The Kier molecular flexibility index (Phi) is 10.4. The van der Waals surface area contributed by atoms with Gasteiger partial charge in [-0.15, -0.1) is 35.3 Å². The smallest absolute Gasteiger partial charge is 0.213 e. The van der Waals surface area contributed by atoms with Crippen LogP contribution in [-0.4, -0.2) is 40.3 Å². The molecule has 0 amide bonds. The van der Waals surface area contributed by atoms with Crippen LogP contribution in [0, 0.1) is 0 Å². The van der Waals surface area contributed by atoms with Crippen LogP contribution < -0.4 is 15.4 Å². The highest BCUT2D eigenvalue weighted by molar-refractivity contribution is 14.0. The Bertz CT molecular complexity index is 823. The minimum atomic E-state index is -3.36. The minimum Gasteiger partial charge on any atom is -0.356 e. The van der Waals surface area contributed by atoms with E-state index in [0.29, 0.717) is 19.0 Å². The van der Waals surface area contributed by atoms with E-state index in [9.17, 15) is 8.42 Å². The molecular formula is C19H29IN4O2S2. The van der Waals surface area contributed by atoms with Gasteiger partial charge in [-0.3, -0.25) is 4.99 Å². The molecule has 1 aromatic carbocycles. The second-order valence-electron chi connectivity index (χ2n) is 6.84. The number of nitrogens with one attached hydrogen (secondary N) is 3. The summed E-state index contributed by atoms with van der Waals surface area (Å²) in [5, 5.41) is 8.40. The van der Waals surface area contributed by atoms with Gasteiger partial charge in [0.15, 0.2) is 5.96 Å². The van der Waals surface area contributed by atoms with E-state index in [0.717, 1.165) is 5.56 Å². The largest absolute Gasteiger partial charge is 0.356 e. The molecule has 6 nitrogen and oxygen atoms in total. The van der Waals surface area contributed by atoms with E-state index >= 15 is 0 Å². The summed E-state index contributed by atoms with van der Waals surface area (Å²) in [4.78, 5) is 5.46. The number of rotatable bonds is 9. The first kappa shape index (κ1) is 24.9. The van der Waals surface area contributed by atoms with Gasteiger partial charge in [-0.2, -0.15) is 0 Å². The van der Waals surface area contributed by atoms with Crippen LogP contribution in [0.25, 0.3) is 0 Å². The van der Waals surface area contributed by atoms with Crippen LogP contribution in [0.15, 0.2) is 52.8 Å². The van der Waals surface area contributed by atoms with Gasteiger partial charge in [0.05, 0.1) is 5.75 Å². The van der Waals surface area contributed by atoms with E-state index in [4.69, 9.17) is 0 Å². The zero-order chi connectivity index (χ0) is 19.8. The molecule has 156 valence electrons. The summed E-state index contributed by atoms with van der Waals surface area (Å²) in [6, 6.07) is 13.6. The quantitative estimate of drug-likeness (QED) is 0.262. The molecule has 0 saturated heterocycles. The molecule has 28 heavy (non-hydrogen) atoms. The van der Waals surface area contributed by atoms with E-state index in [1.807, 2.05) is 36.4 Å². The Hall–Kier alpha value is -1.17. The van der Waals surface area contributed by atoms with E-state index in [1.54, 1.807) is 18.4 Å². The number of halogens is 1. The van der Waals surface area contributed by atoms with Gasteiger partial charge in [0, 0.05) is 37.0 Å². The van der Waals surface area contributed by atoms with Crippen molar-refractivity contribution in [2.75, 3.05) is 25.9 Å². The highest BCUT2D eigenvalue weighted by Crippen LogP contribution is 2.26. The predicted molar refractivity (Wildman–Crippen MR) is 129 cm³/mol. The monoisotopic (exact) mass is 536 g/mol. The summed E-state index contributed by atoms with van der Waals surface area (Å²) < 4.78 is 26.9. The molecule has 0 atom stereocenters. The maximum atomic E-state index is 12.1. The second-order valence-corrected chi connectivity index (χ2v) is 9.71. The highest BCUT2D eigenvalue weighted by atomic mass is 127. The van der Waals surface area contributed by atoms with Crippen molar-refractivity contribution in [3.63, 3.8) is 0 Å². The number of hydrogen-bond donors (Lipinski definition) is 3. The summed E-state index contributed by atoms with van der Waals surface area (Å²) in [7, 11) is -1.68. The molecule has 0 bridgehead atoms. The zero-order valence-corrected chi connectivity index (χ0v) is 20.4. The zero-order valence-electron chi connectivity index (χ0n) is 16.4. The summed E-state index contributed by atoms with van der Waals surface area (Å²) in [5.74, 6) is 0.576. The van der Waals surface area contributed by atoms with Crippen molar-refractivity contribution >= 4 is 51.3 Å². The Morgan fingerprint density at radius 2 is 1.82 bits per heavy atom. The van der Waals surface area contributed by atoms with Crippen molar-refractivity contribution in [3.05, 3.63) is 58.3 Å². The van der Waals surface area contributed by atoms with E-state index in [-0.39, 0.29) is 41.7 Å². The van der Waals surface area contributed by atoms with Crippen LogP contribution in [0.1, 0.15) is 24.3 Å². The van der Waals surface area contributed by atoms with Gasteiger partial charge in [0.1, 0.15) is 0 Å². The molecule has 9 heteroatoms. The van der Waals surface area contributed by atoms with Crippen molar-refractivity contribution in [1.82, 2.24) is 15.4 Å². The molecule has 1 aromatic heterocycles. The maximum Gasteiger partial charge on any atom is 0.213 e. The Labute approximate surface area is 189 Å². The van der Waals surface area contributed by atoms with Gasteiger partial charge in [-0.1, -0.05) is 50.2 Å². The van der Waals surface area contributed by atoms with Crippen LogP contribution in [0.5, 0.6) is 0 Å². The molecule has 0 spiro atoms. The topological polar surface area (TPSA) is 82.6 Å². The molecular weight excluding hydrogens is 507 g/mol. The van der Waals surface area contributed by atoms with Crippen molar-refractivity contribution in [2.45, 2.75) is 25.8 Å². The predicted octanol–water partition coefficient (Wildman–Crippen LogP) is 2.93. The normalized spacial score (nSPS) is 12.3. The lowest BCUT2D eigenvalue weighted by atomic mass is 9.91. The van der Waals surface area contributed by atoms with Gasteiger partial charge in [0.2, 0.25) is 10.0 Å².